The summed E-state index contributed by atoms with van der Waals surface area (Å²) in [6, 6.07) is 13.8. The van der Waals surface area contributed by atoms with E-state index in [0.717, 1.165) is 0 Å². The van der Waals surface area contributed by atoms with E-state index in [2.05, 4.69) is 16.0 Å². The van der Waals surface area contributed by atoms with Crippen molar-refractivity contribution in [1.82, 2.24) is 5.32 Å². The van der Waals surface area contributed by atoms with Crippen molar-refractivity contribution >= 4 is 23.3 Å². The maximum absolute atomic E-state index is 11.9. The Morgan fingerprint density at radius 1 is 0.960 bits per heavy atom. The minimum absolute atomic E-state index is 0.170. The zero-order valence-corrected chi connectivity index (χ0v) is 14.2. The molecule has 0 aromatic heterocycles. The first-order chi connectivity index (χ1) is 12.1. The molecule has 7 heteroatoms. The lowest BCUT2D eigenvalue weighted by Gasteiger charge is -2.10. The summed E-state index contributed by atoms with van der Waals surface area (Å²) >= 11 is 0. The molecule has 0 aliphatic heterocycles. The van der Waals surface area contributed by atoms with Gasteiger partial charge in [-0.25, -0.2) is 4.79 Å². The first-order valence-corrected chi connectivity index (χ1v) is 7.76. The van der Waals surface area contributed by atoms with Gasteiger partial charge in [0.05, 0.1) is 13.7 Å². The third kappa shape index (κ3) is 6.42. The van der Waals surface area contributed by atoms with E-state index in [9.17, 15) is 9.59 Å². The van der Waals surface area contributed by atoms with E-state index in [4.69, 9.17) is 9.47 Å². The largest absolute Gasteiger partial charge is 0.497 e. The van der Waals surface area contributed by atoms with Crippen LogP contribution in [0.3, 0.4) is 0 Å². The van der Waals surface area contributed by atoms with Gasteiger partial charge < -0.3 is 25.4 Å². The number of anilines is 2. The Bertz CT molecular complexity index is 734. The normalized spacial score (nSPS) is 9.84. The van der Waals surface area contributed by atoms with Gasteiger partial charge in [0.1, 0.15) is 18.1 Å². The number of hydrogen-bond donors (Lipinski definition) is 3. The average Bonchev–Trinajstić information content (AvgIpc) is 2.58. The van der Waals surface area contributed by atoms with Crippen LogP contribution in [0.25, 0.3) is 0 Å². The predicted octanol–water partition coefficient (Wildman–Crippen LogP) is 2.85. The number of carbonyl (C=O) groups is 2. The molecule has 0 fully saturated rings. The van der Waals surface area contributed by atoms with Crippen LogP contribution >= 0.6 is 0 Å². The molecule has 3 amide bonds. The Morgan fingerprint density at radius 3 is 2.36 bits per heavy atom. The van der Waals surface area contributed by atoms with Crippen molar-refractivity contribution in [3.8, 4) is 11.5 Å². The molecule has 0 aliphatic rings. The second-order valence-corrected chi connectivity index (χ2v) is 5.17. The molecule has 0 heterocycles. The molecular formula is C18H21N3O4. The summed E-state index contributed by atoms with van der Waals surface area (Å²) in [5.41, 5.74) is 1.20. The van der Waals surface area contributed by atoms with Gasteiger partial charge in [-0.1, -0.05) is 12.1 Å². The third-order valence-electron chi connectivity index (χ3n) is 3.14. The molecule has 0 radical (unpaired) electrons. The lowest BCUT2D eigenvalue weighted by atomic mass is 10.3. The molecule has 2 rings (SSSR count). The monoisotopic (exact) mass is 343 g/mol. The number of amides is 3. The fraction of sp³-hybridized carbons (Fsp3) is 0.222. The molecule has 0 aliphatic carbocycles. The Kier molecular flexibility index (Phi) is 6.65. The second-order valence-electron chi connectivity index (χ2n) is 5.17. The van der Waals surface area contributed by atoms with Gasteiger partial charge in [-0.3, -0.25) is 4.79 Å². The molecule has 0 bridgehead atoms. The van der Waals surface area contributed by atoms with Gasteiger partial charge in [0.25, 0.3) is 0 Å². The van der Waals surface area contributed by atoms with Crippen LogP contribution in [0.4, 0.5) is 16.2 Å². The molecule has 0 saturated heterocycles. The van der Waals surface area contributed by atoms with E-state index in [-0.39, 0.29) is 11.9 Å². The van der Waals surface area contributed by atoms with Crippen molar-refractivity contribution in [2.24, 2.45) is 0 Å². The molecule has 0 atom stereocenters. The maximum Gasteiger partial charge on any atom is 0.319 e. The van der Waals surface area contributed by atoms with Crippen LogP contribution in [0, 0.1) is 0 Å². The van der Waals surface area contributed by atoms with Gasteiger partial charge in [-0.05, 0) is 30.3 Å². The van der Waals surface area contributed by atoms with Crippen molar-refractivity contribution in [1.29, 1.82) is 0 Å². The molecule has 2 aromatic carbocycles. The predicted molar refractivity (Wildman–Crippen MR) is 96.3 cm³/mol. The molecule has 132 valence electrons. The highest BCUT2D eigenvalue weighted by molar-refractivity contribution is 5.92. The Hall–Kier alpha value is -3.22. The number of benzene rings is 2. The van der Waals surface area contributed by atoms with Crippen LogP contribution < -0.4 is 25.4 Å². The second kappa shape index (κ2) is 9.17. The van der Waals surface area contributed by atoms with E-state index in [1.165, 1.54) is 6.92 Å². The fourth-order valence-corrected chi connectivity index (χ4v) is 2.08. The highest BCUT2D eigenvalue weighted by atomic mass is 16.5. The van der Waals surface area contributed by atoms with Gasteiger partial charge in [0.15, 0.2) is 0 Å². The maximum atomic E-state index is 11.9. The minimum Gasteiger partial charge on any atom is -0.497 e. The van der Waals surface area contributed by atoms with E-state index >= 15 is 0 Å². The molecular weight excluding hydrogens is 322 g/mol. The van der Waals surface area contributed by atoms with Crippen LogP contribution in [0.1, 0.15) is 6.92 Å². The van der Waals surface area contributed by atoms with Crippen molar-refractivity contribution < 1.29 is 19.1 Å². The summed E-state index contributed by atoms with van der Waals surface area (Å²) < 4.78 is 10.7. The van der Waals surface area contributed by atoms with Crippen molar-refractivity contribution in [3.05, 3.63) is 48.5 Å². The Labute approximate surface area is 146 Å². The van der Waals surface area contributed by atoms with Crippen LogP contribution in [0.5, 0.6) is 11.5 Å². The summed E-state index contributed by atoms with van der Waals surface area (Å²) in [4.78, 5) is 22.9. The standard InChI is InChI=1S/C18H21N3O4/c1-13(22)20-14-5-3-6-15(11-14)21-18(23)19-9-10-25-17-8-4-7-16(12-17)24-2/h3-8,11-12H,9-10H2,1-2H3,(H,20,22)(H2,19,21,23). The fourth-order valence-electron chi connectivity index (χ4n) is 2.08. The summed E-state index contributed by atoms with van der Waals surface area (Å²) in [5.74, 6) is 1.21. The first-order valence-electron chi connectivity index (χ1n) is 7.76. The van der Waals surface area contributed by atoms with E-state index < -0.39 is 0 Å². The number of urea groups is 1. The molecule has 7 nitrogen and oxygen atoms in total. The van der Waals surface area contributed by atoms with Gasteiger partial charge >= 0.3 is 6.03 Å². The Balaban J connectivity index is 1.74. The van der Waals surface area contributed by atoms with Crippen molar-refractivity contribution in [2.45, 2.75) is 6.92 Å². The summed E-state index contributed by atoms with van der Waals surface area (Å²) in [6.07, 6.45) is 0. The highest BCUT2D eigenvalue weighted by Gasteiger charge is 2.03. The zero-order chi connectivity index (χ0) is 18.1. The molecule has 0 saturated carbocycles. The lowest BCUT2D eigenvalue weighted by molar-refractivity contribution is -0.114. The molecule has 0 spiro atoms. The van der Waals surface area contributed by atoms with Crippen molar-refractivity contribution in [3.63, 3.8) is 0 Å². The zero-order valence-electron chi connectivity index (χ0n) is 14.2. The van der Waals surface area contributed by atoms with Gasteiger partial charge in [-0.2, -0.15) is 0 Å². The average molecular weight is 343 g/mol. The number of ether oxygens (including phenoxy) is 2. The van der Waals surface area contributed by atoms with Crippen LogP contribution in [0.2, 0.25) is 0 Å². The third-order valence-corrected chi connectivity index (χ3v) is 3.14. The molecule has 3 N–H and O–H groups in total. The smallest absolute Gasteiger partial charge is 0.319 e. The van der Waals surface area contributed by atoms with E-state index in [1.807, 2.05) is 18.2 Å². The summed E-state index contributed by atoms with van der Waals surface area (Å²) in [5, 5.41) is 8.05. The quantitative estimate of drug-likeness (QED) is 0.675. The number of carbonyl (C=O) groups excluding carboxylic acids is 2. The number of hydrogen-bond acceptors (Lipinski definition) is 4. The van der Waals surface area contributed by atoms with Gasteiger partial charge in [0.2, 0.25) is 5.91 Å². The topological polar surface area (TPSA) is 88.7 Å². The lowest BCUT2D eigenvalue weighted by Crippen LogP contribution is -2.32. The Morgan fingerprint density at radius 2 is 1.64 bits per heavy atom. The van der Waals surface area contributed by atoms with E-state index in [1.54, 1.807) is 37.4 Å². The molecule has 2 aromatic rings. The number of rotatable bonds is 7. The summed E-state index contributed by atoms with van der Waals surface area (Å²) in [7, 11) is 1.59. The number of methoxy groups -OCH3 is 1. The van der Waals surface area contributed by atoms with Crippen molar-refractivity contribution in [2.75, 3.05) is 30.9 Å². The summed E-state index contributed by atoms with van der Waals surface area (Å²) in [6.45, 7) is 2.09. The SMILES string of the molecule is COc1cccc(OCCNC(=O)Nc2cccc(NC(C)=O)c2)c1. The van der Waals surface area contributed by atoms with E-state index in [0.29, 0.717) is 36.0 Å². The molecule has 25 heavy (non-hydrogen) atoms. The molecule has 0 unspecified atom stereocenters. The number of nitrogens with one attached hydrogen (secondary N) is 3. The van der Waals surface area contributed by atoms with Gasteiger partial charge in [-0.15, -0.1) is 0 Å². The van der Waals surface area contributed by atoms with Crippen LogP contribution in [-0.4, -0.2) is 32.2 Å². The van der Waals surface area contributed by atoms with Crippen LogP contribution in [-0.2, 0) is 4.79 Å². The van der Waals surface area contributed by atoms with Crippen LogP contribution in [0.15, 0.2) is 48.5 Å². The highest BCUT2D eigenvalue weighted by Crippen LogP contribution is 2.18. The minimum atomic E-state index is -0.353. The van der Waals surface area contributed by atoms with Gasteiger partial charge in [0, 0.05) is 24.4 Å². The first kappa shape index (κ1) is 18.1.